The maximum atomic E-state index is 10.5. The fourth-order valence-corrected chi connectivity index (χ4v) is 1.18. The number of benzene rings is 1. The fraction of sp³-hybridized carbons (Fsp3) is 0.364. The molecule has 2 heteroatoms. The Morgan fingerprint density at radius 2 is 2.00 bits per heavy atom. The second-order valence-corrected chi connectivity index (χ2v) is 3.36. The number of rotatable bonds is 3. The molecule has 70 valence electrons. The van der Waals surface area contributed by atoms with E-state index in [1.165, 1.54) is 0 Å². The number of carbonyl (C=O) groups is 1. The van der Waals surface area contributed by atoms with E-state index in [1.54, 1.807) is 6.07 Å². The van der Waals surface area contributed by atoms with Gasteiger partial charge in [-0.3, -0.25) is 4.79 Å². The number of ether oxygens (including phenoxy) is 1. The summed E-state index contributed by atoms with van der Waals surface area (Å²) in [4.78, 5) is 10.5. The van der Waals surface area contributed by atoms with E-state index in [0.29, 0.717) is 5.56 Å². The average molecular weight is 178 g/mol. The van der Waals surface area contributed by atoms with Crippen molar-refractivity contribution in [2.75, 3.05) is 0 Å². The summed E-state index contributed by atoms with van der Waals surface area (Å²) in [7, 11) is 0. The first-order valence-electron chi connectivity index (χ1n) is 4.35. The Balaban J connectivity index is 2.94. The molecule has 0 aliphatic heterocycles. The molecule has 0 unspecified atom stereocenters. The molecular formula is C11H14O2. The second-order valence-electron chi connectivity index (χ2n) is 3.36. The smallest absolute Gasteiger partial charge is 0.150 e. The van der Waals surface area contributed by atoms with Crippen LogP contribution in [0.2, 0.25) is 0 Å². The van der Waals surface area contributed by atoms with Crippen LogP contribution in [-0.4, -0.2) is 12.4 Å². The van der Waals surface area contributed by atoms with Gasteiger partial charge in [0.25, 0.3) is 0 Å². The maximum Gasteiger partial charge on any atom is 0.150 e. The van der Waals surface area contributed by atoms with Crippen molar-refractivity contribution in [3.8, 4) is 5.75 Å². The third kappa shape index (κ3) is 2.90. The summed E-state index contributed by atoms with van der Waals surface area (Å²) in [6, 6.07) is 5.51. The van der Waals surface area contributed by atoms with E-state index in [1.807, 2.05) is 32.9 Å². The predicted molar refractivity (Wildman–Crippen MR) is 52.3 cm³/mol. The Morgan fingerprint density at radius 3 is 2.54 bits per heavy atom. The normalized spacial score (nSPS) is 10.2. The molecule has 0 amide bonds. The molecule has 0 aliphatic carbocycles. The molecule has 0 bridgehead atoms. The van der Waals surface area contributed by atoms with Crippen LogP contribution in [0.4, 0.5) is 0 Å². The first-order valence-corrected chi connectivity index (χ1v) is 4.35. The van der Waals surface area contributed by atoms with Gasteiger partial charge in [0.05, 0.1) is 6.10 Å². The van der Waals surface area contributed by atoms with Crippen LogP contribution >= 0.6 is 0 Å². The predicted octanol–water partition coefficient (Wildman–Crippen LogP) is 2.59. The van der Waals surface area contributed by atoms with Crippen molar-refractivity contribution in [2.45, 2.75) is 26.9 Å². The highest BCUT2D eigenvalue weighted by molar-refractivity contribution is 5.76. The molecule has 0 spiro atoms. The molecule has 13 heavy (non-hydrogen) atoms. The summed E-state index contributed by atoms with van der Waals surface area (Å²) in [6.45, 7) is 5.87. The van der Waals surface area contributed by atoms with Gasteiger partial charge in [0.15, 0.2) is 0 Å². The van der Waals surface area contributed by atoms with Gasteiger partial charge in [-0.05, 0) is 44.5 Å². The largest absolute Gasteiger partial charge is 0.491 e. The van der Waals surface area contributed by atoms with Crippen LogP contribution in [-0.2, 0) is 0 Å². The Morgan fingerprint density at radius 1 is 1.31 bits per heavy atom. The van der Waals surface area contributed by atoms with E-state index < -0.39 is 0 Å². The van der Waals surface area contributed by atoms with Gasteiger partial charge in [0.2, 0.25) is 0 Å². The molecule has 0 saturated heterocycles. The first-order chi connectivity index (χ1) is 6.11. The zero-order valence-electron chi connectivity index (χ0n) is 8.20. The molecular weight excluding hydrogens is 164 g/mol. The summed E-state index contributed by atoms with van der Waals surface area (Å²) >= 11 is 0. The summed E-state index contributed by atoms with van der Waals surface area (Å²) in [5.41, 5.74) is 1.70. The molecule has 0 saturated carbocycles. The summed E-state index contributed by atoms with van der Waals surface area (Å²) in [5.74, 6) is 0.761. The average Bonchev–Trinajstić information content (AvgIpc) is 2.01. The Labute approximate surface area is 78.5 Å². The quantitative estimate of drug-likeness (QED) is 0.665. The lowest BCUT2D eigenvalue weighted by molar-refractivity contribution is 0.112. The van der Waals surface area contributed by atoms with E-state index in [0.717, 1.165) is 17.6 Å². The minimum absolute atomic E-state index is 0.140. The van der Waals surface area contributed by atoms with Crippen LogP contribution < -0.4 is 4.74 Å². The highest BCUT2D eigenvalue weighted by Crippen LogP contribution is 2.16. The number of carbonyl (C=O) groups excluding carboxylic acids is 1. The number of hydrogen-bond acceptors (Lipinski definition) is 2. The molecule has 0 N–H and O–H groups in total. The van der Waals surface area contributed by atoms with Crippen molar-refractivity contribution in [2.24, 2.45) is 0 Å². The fourth-order valence-electron chi connectivity index (χ4n) is 1.18. The summed E-state index contributed by atoms with van der Waals surface area (Å²) < 4.78 is 5.48. The van der Waals surface area contributed by atoms with Crippen molar-refractivity contribution in [1.29, 1.82) is 0 Å². The maximum absolute atomic E-state index is 10.5. The monoisotopic (exact) mass is 178 g/mol. The van der Waals surface area contributed by atoms with Gasteiger partial charge in [0.1, 0.15) is 12.0 Å². The van der Waals surface area contributed by atoms with Crippen molar-refractivity contribution in [1.82, 2.24) is 0 Å². The Kier molecular flexibility index (Phi) is 3.07. The van der Waals surface area contributed by atoms with Gasteiger partial charge in [-0.25, -0.2) is 0 Å². The van der Waals surface area contributed by atoms with Crippen molar-refractivity contribution in [3.63, 3.8) is 0 Å². The van der Waals surface area contributed by atoms with E-state index in [2.05, 4.69) is 0 Å². The first kappa shape index (κ1) is 9.78. The molecule has 0 radical (unpaired) electrons. The van der Waals surface area contributed by atoms with E-state index in [4.69, 9.17) is 4.74 Å². The van der Waals surface area contributed by atoms with Gasteiger partial charge in [0, 0.05) is 5.56 Å². The van der Waals surface area contributed by atoms with Crippen LogP contribution in [0, 0.1) is 6.92 Å². The molecule has 0 fully saturated rings. The lowest BCUT2D eigenvalue weighted by atomic mass is 10.1. The molecule has 2 nitrogen and oxygen atoms in total. The summed E-state index contributed by atoms with van der Waals surface area (Å²) in [5, 5.41) is 0. The topological polar surface area (TPSA) is 26.3 Å². The van der Waals surface area contributed by atoms with Crippen LogP contribution in [0.25, 0.3) is 0 Å². The standard InChI is InChI=1S/C11H14O2/c1-8(2)13-11-5-9(3)4-10(6-11)7-12/h4-8H,1-3H3. The van der Waals surface area contributed by atoms with Gasteiger partial charge in [-0.15, -0.1) is 0 Å². The Bertz CT molecular complexity index is 303. The minimum atomic E-state index is 0.140. The van der Waals surface area contributed by atoms with E-state index >= 15 is 0 Å². The molecule has 1 aromatic rings. The lowest BCUT2D eigenvalue weighted by Crippen LogP contribution is -2.05. The number of aryl methyl sites for hydroxylation is 1. The third-order valence-electron chi connectivity index (χ3n) is 1.58. The van der Waals surface area contributed by atoms with Crippen molar-refractivity contribution < 1.29 is 9.53 Å². The van der Waals surface area contributed by atoms with E-state index in [-0.39, 0.29) is 6.10 Å². The molecule has 1 aromatic carbocycles. The van der Waals surface area contributed by atoms with Gasteiger partial charge in [-0.1, -0.05) is 0 Å². The van der Waals surface area contributed by atoms with Crippen molar-refractivity contribution in [3.05, 3.63) is 29.3 Å². The van der Waals surface area contributed by atoms with Crippen LogP contribution in [0.15, 0.2) is 18.2 Å². The Hall–Kier alpha value is -1.31. The highest BCUT2D eigenvalue weighted by atomic mass is 16.5. The summed E-state index contributed by atoms with van der Waals surface area (Å²) in [6.07, 6.45) is 0.974. The molecule has 1 rings (SSSR count). The minimum Gasteiger partial charge on any atom is -0.491 e. The third-order valence-corrected chi connectivity index (χ3v) is 1.58. The SMILES string of the molecule is Cc1cc(C=O)cc(OC(C)C)c1. The number of aldehydes is 1. The van der Waals surface area contributed by atoms with Crippen LogP contribution in [0.5, 0.6) is 5.75 Å². The highest BCUT2D eigenvalue weighted by Gasteiger charge is 2.00. The molecule has 0 atom stereocenters. The molecule has 0 aliphatic rings. The van der Waals surface area contributed by atoms with Gasteiger partial charge in [-0.2, -0.15) is 0 Å². The molecule has 0 aromatic heterocycles. The lowest BCUT2D eigenvalue weighted by Gasteiger charge is -2.10. The van der Waals surface area contributed by atoms with Gasteiger partial charge >= 0.3 is 0 Å². The number of hydrogen-bond donors (Lipinski definition) is 0. The van der Waals surface area contributed by atoms with Gasteiger partial charge < -0.3 is 4.74 Å². The zero-order chi connectivity index (χ0) is 9.84. The van der Waals surface area contributed by atoms with Crippen LogP contribution in [0.1, 0.15) is 29.8 Å². The van der Waals surface area contributed by atoms with Crippen LogP contribution in [0.3, 0.4) is 0 Å². The van der Waals surface area contributed by atoms with Crippen molar-refractivity contribution >= 4 is 6.29 Å². The zero-order valence-corrected chi connectivity index (χ0v) is 8.20. The molecule has 0 heterocycles. The second kappa shape index (κ2) is 4.08. The van der Waals surface area contributed by atoms with E-state index in [9.17, 15) is 4.79 Å².